The minimum Gasteiger partial charge on any atom is -0.430 e. The molecule has 2 nitrogen and oxygen atoms in total. The molecular weight excluding hydrogens is 123 g/mol. The predicted molar refractivity (Wildman–Crippen MR) is 29.4 cm³/mol. The van der Waals surface area contributed by atoms with Gasteiger partial charge in [-0.1, -0.05) is 12.2 Å². The predicted octanol–water partition coefficient (Wildman–Crippen LogP) is 1.18. The first kappa shape index (κ1) is 6.26. The summed E-state index contributed by atoms with van der Waals surface area (Å²) in [6, 6.07) is 0. The number of alkyl halides is 1. The van der Waals surface area contributed by atoms with E-state index in [9.17, 15) is 9.18 Å². The zero-order chi connectivity index (χ0) is 6.74. The van der Waals surface area contributed by atoms with Crippen molar-refractivity contribution in [1.29, 1.82) is 0 Å². The molecular formula is C6H7FO2. The van der Waals surface area contributed by atoms with Gasteiger partial charge in [0, 0.05) is 12.8 Å². The van der Waals surface area contributed by atoms with E-state index in [0.29, 0.717) is 0 Å². The lowest BCUT2D eigenvalue weighted by Gasteiger charge is -2.15. The van der Waals surface area contributed by atoms with Gasteiger partial charge in [-0.2, -0.15) is 4.39 Å². The number of hydrogen-bond donors (Lipinski definition) is 0. The Morgan fingerprint density at radius 2 is 2.11 bits per heavy atom. The van der Waals surface area contributed by atoms with Crippen LogP contribution >= 0.6 is 0 Å². The number of hydrogen-bond acceptors (Lipinski definition) is 2. The van der Waals surface area contributed by atoms with Crippen LogP contribution in [-0.2, 0) is 9.53 Å². The number of carbonyl (C=O) groups is 1. The lowest BCUT2D eigenvalue weighted by Crippen LogP contribution is -2.21. The van der Waals surface area contributed by atoms with Crippen molar-refractivity contribution in [2.75, 3.05) is 0 Å². The summed E-state index contributed by atoms with van der Waals surface area (Å²) in [7, 11) is 0. The maximum Gasteiger partial charge on any atom is 0.295 e. The van der Waals surface area contributed by atoms with Crippen LogP contribution < -0.4 is 0 Å². The smallest absolute Gasteiger partial charge is 0.295 e. The Morgan fingerprint density at radius 3 is 2.56 bits per heavy atom. The maximum atomic E-state index is 12.8. The summed E-state index contributed by atoms with van der Waals surface area (Å²) >= 11 is 0. The van der Waals surface area contributed by atoms with Gasteiger partial charge >= 0.3 is 0 Å². The van der Waals surface area contributed by atoms with Crippen LogP contribution in [-0.4, -0.2) is 12.3 Å². The van der Waals surface area contributed by atoms with Gasteiger partial charge in [0.05, 0.1) is 0 Å². The Bertz CT molecular complexity index is 134. The van der Waals surface area contributed by atoms with E-state index in [1.165, 1.54) is 0 Å². The Balaban J connectivity index is 2.44. The zero-order valence-electron chi connectivity index (χ0n) is 4.84. The number of rotatable bonds is 2. The quantitative estimate of drug-likeness (QED) is 0.414. The molecule has 0 saturated carbocycles. The zero-order valence-corrected chi connectivity index (χ0v) is 4.84. The number of carbonyl (C=O) groups excluding carboxylic acids is 1. The third kappa shape index (κ3) is 1.28. The molecule has 0 atom stereocenters. The van der Waals surface area contributed by atoms with Gasteiger partial charge in [-0.3, -0.25) is 4.79 Å². The fourth-order valence-corrected chi connectivity index (χ4v) is 0.784. The molecule has 0 aromatic rings. The van der Waals surface area contributed by atoms with Gasteiger partial charge in [0.2, 0.25) is 0 Å². The minimum atomic E-state index is -1.73. The molecule has 0 aliphatic heterocycles. The van der Waals surface area contributed by atoms with Crippen molar-refractivity contribution in [2.45, 2.75) is 18.7 Å². The molecule has 0 unspecified atom stereocenters. The Labute approximate surface area is 52.3 Å². The van der Waals surface area contributed by atoms with Crippen molar-refractivity contribution < 1.29 is 13.9 Å². The Morgan fingerprint density at radius 1 is 1.56 bits per heavy atom. The summed E-state index contributed by atoms with van der Waals surface area (Å²) in [5.74, 6) is -1.73. The topological polar surface area (TPSA) is 26.3 Å². The van der Waals surface area contributed by atoms with Gasteiger partial charge in [-0.25, -0.2) is 0 Å². The van der Waals surface area contributed by atoms with Crippen molar-refractivity contribution in [1.82, 2.24) is 0 Å². The summed E-state index contributed by atoms with van der Waals surface area (Å²) in [6.07, 6.45) is 3.69. The van der Waals surface area contributed by atoms with Gasteiger partial charge in [0.15, 0.2) is 0 Å². The summed E-state index contributed by atoms with van der Waals surface area (Å²) < 4.78 is 17.0. The van der Waals surface area contributed by atoms with E-state index in [0.717, 1.165) is 0 Å². The highest BCUT2D eigenvalue weighted by Gasteiger charge is 2.31. The Hall–Kier alpha value is -0.860. The van der Waals surface area contributed by atoms with Gasteiger partial charge in [-0.15, -0.1) is 0 Å². The third-order valence-corrected chi connectivity index (χ3v) is 1.27. The largest absolute Gasteiger partial charge is 0.430 e. The average Bonchev–Trinajstić information content (AvgIpc) is 2.16. The first-order valence-electron chi connectivity index (χ1n) is 2.72. The van der Waals surface area contributed by atoms with Crippen LogP contribution in [0.15, 0.2) is 12.2 Å². The third-order valence-electron chi connectivity index (χ3n) is 1.27. The van der Waals surface area contributed by atoms with Gasteiger partial charge in [-0.05, 0) is 0 Å². The molecule has 0 aromatic heterocycles. The molecule has 1 aliphatic rings. The molecule has 0 heterocycles. The van der Waals surface area contributed by atoms with Crippen LogP contribution in [0.4, 0.5) is 4.39 Å². The van der Waals surface area contributed by atoms with E-state index in [1.54, 1.807) is 12.2 Å². The summed E-state index contributed by atoms with van der Waals surface area (Å²) in [4.78, 5) is 9.68. The second kappa shape index (κ2) is 2.17. The molecule has 0 N–H and O–H groups in total. The van der Waals surface area contributed by atoms with Crippen molar-refractivity contribution >= 4 is 6.47 Å². The average molecular weight is 130 g/mol. The van der Waals surface area contributed by atoms with Crippen molar-refractivity contribution in [2.24, 2.45) is 0 Å². The molecule has 0 bridgehead atoms. The van der Waals surface area contributed by atoms with Crippen LogP contribution in [0.25, 0.3) is 0 Å². The molecule has 0 radical (unpaired) electrons. The number of halogens is 1. The van der Waals surface area contributed by atoms with E-state index in [1.807, 2.05) is 0 Å². The molecule has 0 fully saturated rings. The van der Waals surface area contributed by atoms with Crippen molar-refractivity contribution in [3.63, 3.8) is 0 Å². The molecule has 9 heavy (non-hydrogen) atoms. The molecule has 0 saturated heterocycles. The molecule has 1 aliphatic carbocycles. The summed E-state index contributed by atoms with van der Waals surface area (Å²) in [5.41, 5.74) is 0. The fraction of sp³-hybridized carbons (Fsp3) is 0.500. The fourth-order valence-electron chi connectivity index (χ4n) is 0.784. The van der Waals surface area contributed by atoms with Crippen LogP contribution in [0.5, 0.6) is 0 Å². The van der Waals surface area contributed by atoms with Crippen molar-refractivity contribution in [3.05, 3.63) is 12.2 Å². The second-order valence-corrected chi connectivity index (χ2v) is 1.98. The van der Waals surface area contributed by atoms with Gasteiger partial charge in [0.25, 0.3) is 12.3 Å². The monoisotopic (exact) mass is 130 g/mol. The van der Waals surface area contributed by atoms with E-state index >= 15 is 0 Å². The minimum absolute atomic E-state index is 0.146. The van der Waals surface area contributed by atoms with Crippen LogP contribution in [0.3, 0.4) is 0 Å². The highest BCUT2D eigenvalue weighted by molar-refractivity contribution is 5.38. The Kier molecular flexibility index (Phi) is 1.51. The first-order chi connectivity index (χ1) is 4.27. The van der Waals surface area contributed by atoms with E-state index < -0.39 is 5.85 Å². The molecule has 1 rings (SSSR count). The molecule has 0 amide bonds. The van der Waals surface area contributed by atoms with Crippen LogP contribution in [0.2, 0.25) is 0 Å². The molecule has 50 valence electrons. The molecule has 0 spiro atoms. The molecule has 3 heteroatoms. The summed E-state index contributed by atoms with van der Waals surface area (Å²) in [6.45, 7) is 0.146. The number of ether oxygens (including phenoxy) is 1. The normalized spacial score (nSPS) is 21.9. The van der Waals surface area contributed by atoms with E-state index in [2.05, 4.69) is 4.74 Å². The lowest BCUT2D eigenvalue weighted by molar-refractivity contribution is -0.162. The highest BCUT2D eigenvalue weighted by atomic mass is 19.2. The maximum absolute atomic E-state index is 12.8. The highest BCUT2D eigenvalue weighted by Crippen LogP contribution is 2.27. The van der Waals surface area contributed by atoms with Crippen LogP contribution in [0.1, 0.15) is 12.8 Å². The van der Waals surface area contributed by atoms with E-state index in [4.69, 9.17) is 0 Å². The standard InChI is InChI=1S/C6H7FO2/c7-6(9-5-8)3-1-2-4-6/h1-2,5H,3-4H2. The van der Waals surface area contributed by atoms with E-state index in [-0.39, 0.29) is 19.3 Å². The SMILES string of the molecule is O=COC1(F)CC=CC1. The first-order valence-corrected chi connectivity index (χ1v) is 2.72. The van der Waals surface area contributed by atoms with Crippen molar-refractivity contribution in [3.8, 4) is 0 Å². The van der Waals surface area contributed by atoms with Gasteiger partial charge in [0.1, 0.15) is 0 Å². The second-order valence-electron chi connectivity index (χ2n) is 1.98. The lowest BCUT2D eigenvalue weighted by atomic mass is 10.2. The van der Waals surface area contributed by atoms with Crippen LogP contribution in [0, 0.1) is 0 Å². The molecule has 0 aromatic carbocycles. The van der Waals surface area contributed by atoms with Gasteiger partial charge < -0.3 is 4.74 Å². The summed E-state index contributed by atoms with van der Waals surface area (Å²) in [5, 5.41) is 0.